The number of benzene rings is 1. The summed E-state index contributed by atoms with van der Waals surface area (Å²) >= 11 is 6.22. The summed E-state index contributed by atoms with van der Waals surface area (Å²) in [6.07, 6.45) is -0.710. The molecule has 1 unspecified atom stereocenters. The van der Waals surface area contributed by atoms with Crippen LogP contribution in [0.3, 0.4) is 0 Å². The fourth-order valence-electron chi connectivity index (χ4n) is 2.83. The molecule has 2 rings (SSSR count). The van der Waals surface area contributed by atoms with Crippen LogP contribution in [0.4, 0.5) is 5.69 Å². The van der Waals surface area contributed by atoms with Crippen molar-refractivity contribution in [3.8, 4) is 5.75 Å². The number of carbonyl (C=O) groups is 1. The van der Waals surface area contributed by atoms with Crippen molar-refractivity contribution in [2.45, 2.75) is 40.7 Å². The van der Waals surface area contributed by atoms with Crippen molar-refractivity contribution in [3.63, 3.8) is 0 Å². The molecule has 0 saturated heterocycles. The van der Waals surface area contributed by atoms with E-state index in [0.717, 1.165) is 18.7 Å². The highest BCUT2D eigenvalue weighted by atomic mass is 35.5. The first kappa shape index (κ1) is 18.6. The van der Waals surface area contributed by atoms with Crippen LogP contribution in [0.15, 0.2) is 17.1 Å². The Morgan fingerprint density at radius 2 is 1.79 bits per heavy atom. The molecule has 1 aliphatic rings. The van der Waals surface area contributed by atoms with Gasteiger partial charge in [-0.2, -0.15) is 0 Å². The van der Waals surface area contributed by atoms with Gasteiger partial charge in [-0.3, -0.25) is 4.79 Å². The van der Waals surface area contributed by atoms with Gasteiger partial charge < -0.3 is 14.5 Å². The molecule has 0 bridgehead atoms. The predicted octanol–water partition coefficient (Wildman–Crippen LogP) is 3.65. The number of amidine groups is 1. The van der Waals surface area contributed by atoms with E-state index in [2.05, 4.69) is 4.90 Å². The van der Waals surface area contributed by atoms with Crippen molar-refractivity contribution in [2.75, 3.05) is 26.2 Å². The summed E-state index contributed by atoms with van der Waals surface area (Å²) in [6.45, 7) is 12.8. The second kappa shape index (κ2) is 7.88. The average Bonchev–Trinajstić information content (AvgIpc) is 2.57. The van der Waals surface area contributed by atoms with Gasteiger partial charge in [0.15, 0.2) is 5.84 Å². The third-order valence-corrected chi connectivity index (χ3v) is 4.75. The number of nitrogens with zero attached hydrogens (tertiary/aromatic N) is 3. The Kier molecular flexibility index (Phi) is 6.10. The van der Waals surface area contributed by atoms with Gasteiger partial charge >= 0.3 is 0 Å². The number of hydrogen-bond donors (Lipinski definition) is 0. The van der Waals surface area contributed by atoms with Gasteiger partial charge in [0.2, 0.25) is 6.10 Å². The SMILES string of the molecule is CCN(CC)C(=O)C1Oc2cc(C)c(Cl)cc2N=C1N(CC)CC. The average molecular weight is 352 g/mol. The molecule has 0 aromatic heterocycles. The molecule has 24 heavy (non-hydrogen) atoms. The second-order valence-electron chi connectivity index (χ2n) is 5.72. The first-order chi connectivity index (χ1) is 11.5. The van der Waals surface area contributed by atoms with E-state index in [4.69, 9.17) is 21.3 Å². The van der Waals surface area contributed by atoms with Gasteiger partial charge in [-0.25, -0.2) is 4.99 Å². The number of halogens is 1. The molecule has 1 aliphatic heterocycles. The number of carbonyl (C=O) groups excluding carboxylic acids is 1. The molecule has 0 aliphatic carbocycles. The predicted molar refractivity (Wildman–Crippen MR) is 98.5 cm³/mol. The number of hydrogen-bond acceptors (Lipinski definition) is 4. The summed E-state index contributed by atoms with van der Waals surface area (Å²) in [5.41, 5.74) is 1.59. The zero-order valence-electron chi connectivity index (χ0n) is 15.1. The summed E-state index contributed by atoms with van der Waals surface area (Å²) in [7, 11) is 0. The highest BCUT2D eigenvalue weighted by molar-refractivity contribution is 6.31. The number of fused-ring (bicyclic) bond motifs is 1. The van der Waals surface area contributed by atoms with E-state index in [1.165, 1.54) is 0 Å². The third-order valence-electron chi connectivity index (χ3n) is 4.34. The monoisotopic (exact) mass is 351 g/mol. The minimum atomic E-state index is -0.710. The molecule has 1 heterocycles. The van der Waals surface area contributed by atoms with Crippen LogP contribution in [0.1, 0.15) is 33.3 Å². The van der Waals surface area contributed by atoms with Crippen LogP contribution in [0, 0.1) is 6.92 Å². The molecule has 6 heteroatoms. The zero-order valence-corrected chi connectivity index (χ0v) is 15.9. The largest absolute Gasteiger partial charge is 0.470 e. The molecular formula is C18H26ClN3O2. The van der Waals surface area contributed by atoms with Crippen molar-refractivity contribution in [1.29, 1.82) is 0 Å². The smallest absolute Gasteiger partial charge is 0.271 e. The van der Waals surface area contributed by atoms with Crippen molar-refractivity contribution >= 4 is 29.0 Å². The second-order valence-corrected chi connectivity index (χ2v) is 6.13. The van der Waals surface area contributed by atoms with E-state index in [0.29, 0.717) is 35.4 Å². The first-order valence-electron chi connectivity index (χ1n) is 8.55. The summed E-state index contributed by atoms with van der Waals surface area (Å²) in [5, 5.41) is 0.647. The van der Waals surface area contributed by atoms with Gasteiger partial charge in [0.05, 0.1) is 0 Å². The molecular weight excluding hydrogens is 326 g/mol. The number of ether oxygens (including phenoxy) is 1. The van der Waals surface area contributed by atoms with Gasteiger partial charge in [0.1, 0.15) is 11.4 Å². The molecule has 1 aromatic carbocycles. The van der Waals surface area contributed by atoms with Crippen molar-refractivity contribution in [3.05, 3.63) is 22.7 Å². The topological polar surface area (TPSA) is 45.1 Å². The quantitative estimate of drug-likeness (QED) is 0.813. The Labute approximate surface area is 149 Å². The van der Waals surface area contributed by atoms with Crippen molar-refractivity contribution in [2.24, 2.45) is 4.99 Å². The lowest BCUT2D eigenvalue weighted by molar-refractivity contribution is -0.135. The molecule has 0 N–H and O–H groups in total. The molecule has 0 fully saturated rings. The van der Waals surface area contributed by atoms with Crippen LogP contribution < -0.4 is 4.74 Å². The number of aryl methyl sites for hydroxylation is 1. The molecule has 1 amide bonds. The lowest BCUT2D eigenvalue weighted by atomic mass is 10.1. The van der Waals surface area contributed by atoms with E-state index in [1.807, 2.05) is 40.7 Å². The van der Waals surface area contributed by atoms with E-state index in [-0.39, 0.29) is 5.91 Å². The lowest BCUT2D eigenvalue weighted by Gasteiger charge is -2.34. The van der Waals surface area contributed by atoms with Crippen LogP contribution >= 0.6 is 11.6 Å². The van der Waals surface area contributed by atoms with E-state index >= 15 is 0 Å². The number of amides is 1. The number of likely N-dealkylation sites (N-methyl/N-ethyl adjacent to an activating group) is 2. The van der Waals surface area contributed by atoms with Crippen LogP contribution in [-0.2, 0) is 4.79 Å². The molecule has 0 radical (unpaired) electrons. The zero-order chi connectivity index (χ0) is 17.9. The minimum Gasteiger partial charge on any atom is -0.470 e. The normalized spacial score (nSPS) is 16.1. The maximum absolute atomic E-state index is 12.9. The molecule has 1 atom stereocenters. The molecule has 1 aromatic rings. The highest BCUT2D eigenvalue weighted by Crippen LogP contribution is 2.37. The fourth-order valence-corrected chi connectivity index (χ4v) is 2.99. The van der Waals surface area contributed by atoms with Crippen LogP contribution in [0.2, 0.25) is 5.02 Å². The van der Waals surface area contributed by atoms with Crippen LogP contribution in [-0.4, -0.2) is 53.8 Å². The van der Waals surface area contributed by atoms with Gasteiger partial charge in [-0.1, -0.05) is 11.6 Å². The summed E-state index contributed by atoms with van der Waals surface area (Å²) in [5.74, 6) is 1.21. The maximum atomic E-state index is 12.9. The Morgan fingerprint density at radius 3 is 2.33 bits per heavy atom. The van der Waals surface area contributed by atoms with Gasteiger partial charge in [0, 0.05) is 31.2 Å². The molecule has 0 saturated carbocycles. The summed E-state index contributed by atoms with van der Waals surface area (Å²) in [4.78, 5) is 21.5. The van der Waals surface area contributed by atoms with E-state index in [1.54, 1.807) is 11.0 Å². The summed E-state index contributed by atoms with van der Waals surface area (Å²) in [6, 6.07) is 3.65. The van der Waals surface area contributed by atoms with E-state index in [9.17, 15) is 4.79 Å². The van der Waals surface area contributed by atoms with Crippen LogP contribution in [0.5, 0.6) is 5.75 Å². The Balaban J connectivity index is 2.50. The van der Waals surface area contributed by atoms with Gasteiger partial charge in [0.25, 0.3) is 5.91 Å². The van der Waals surface area contributed by atoms with E-state index < -0.39 is 6.10 Å². The Hall–Kier alpha value is -1.75. The molecule has 132 valence electrons. The van der Waals surface area contributed by atoms with Crippen molar-refractivity contribution in [1.82, 2.24) is 9.80 Å². The Morgan fingerprint density at radius 1 is 1.17 bits per heavy atom. The van der Waals surface area contributed by atoms with Crippen LogP contribution in [0.25, 0.3) is 0 Å². The van der Waals surface area contributed by atoms with Gasteiger partial charge in [-0.05, 0) is 52.3 Å². The first-order valence-corrected chi connectivity index (χ1v) is 8.93. The number of aliphatic imine (C=N–C) groups is 1. The molecule has 0 spiro atoms. The number of rotatable bonds is 5. The Bertz CT molecular complexity index is 637. The molecule has 5 nitrogen and oxygen atoms in total. The van der Waals surface area contributed by atoms with Crippen molar-refractivity contribution < 1.29 is 9.53 Å². The summed E-state index contributed by atoms with van der Waals surface area (Å²) < 4.78 is 6.09. The lowest BCUT2D eigenvalue weighted by Crippen LogP contribution is -2.52. The minimum absolute atomic E-state index is 0.0519. The standard InChI is InChI=1S/C18H26ClN3O2/c1-6-21(7-2)17-16(18(23)22(8-3)9-4)24-15-10-12(5)13(19)11-14(15)20-17/h10-11,16H,6-9H2,1-5H3. The fraction of sp³-hybridized carbons (Fsp3) is 0.556. The third kappa shape index (κ3) is 3.51. The van der Waals surface area contributed by atoms with Gasteiger partial charge in [-0.15, -0.1) is 0 Å². The highest BCUT2D eigenvalue weighted by Gasteiger charge is 2.36. The maximum Gasteiger partial charge on any atom is 0.271 e.